The molecule has 4 heterocycles. The third-order valence-electron chi connectivity index (χ3n) is 8.40. The monoisotopic (exact) mass is 529 g/mol. The number of nitrogens with zero attached hydrogens (tertiary/aromatic N) is 2. The number of ether oxygens (including phenoxy) is 1. The molecule has 0 bridgehead atoms. The molecule has 3 atom stereocenters. The predicted molar refractivity (Wildman–Crippen MR) is 137 cm³/mol. The second-order valence-electron chi connectivity index (χ2n) is 10.1. The maximum atomic E-state index is 14.9. The number of esters is 1. The number of aromatic nitrogens is 2. The fourth-order valence-electron chi connectivity index (χ4n) is 6.37. The summed E-state index contributed by atoms with van der Waals surface area (Å²) in [4.78, 5) is 30.9. The summed E-state index contributed by atoms with van der Waals surface area (Å²) < 4.78 is 21.7. The lowest BCUT2D eigenvalue weighted by atomic mass is 9.74. The minimum atomic E-state index is -1.92. The molecule has 0 spiro atoms. The smallest absolute Gasteiger partial charge is 0.343 e. The molecule has 3 aromatic rings. The lowest BCUT2D eigenvalue weighted by molar-refractivity contribution is -0.172. The van der Waals surface area contributed by atoms with Gasteiger partial charge in [0.1, 0.15) is 12.4 Å². The van der Waals surface area contributed by atoms with Gasteiger partial charge in [-0.2, -0.15) is 0 Å². The van der Waals surface area contributed by atoms with Crippen molar-refractivity contribution in [3.63, 3.8) is 0 Å². The Kier molecular flexibility index (Phi) is 6.18. The van der Waals surface area contributed by atoms with Gasteiger partial charge in [-0.3, -0.25) is 4.79 Å². The molecule has 196 valence electrons. The maximum Gasteiger partial charge on any atom is 0.343 e. The van der Waals surface area contributed by atoms with Gasteiger partial charge in [0, 0.05) is 41.1 Å². The van der Waals surface area contributed by atoms with E-state index in [1.54, 1.807) is 24.5 Å². The number of carbonyl (C=O) groups excluding carboxylic acids is 1. The molecule has 0 unspecified atom stereocenters. The van der Waals surface area contributed by atoms with Crippen molar-refractivity contribution in [2.45, 2.75) is 70.2 Å². The molecule has 0 saturated heterocycles. The number of aryl methyl sites for hydroxylation is 1. The summed E-state index contributed by atoms with van der Waals surface area (Å²) in [5, 5.41) is 21.6. The zero-order valence-electron chi connectivity index (χ0n) is 20.6. The average Bonchev–Trinajstić information content (AvgIpc) is 3.24. The normalized spacial score (nSPS) is 22.1. The third kappa shape index (κ3) is 3.41. The number of carbonyl (C=O) groups is 1. The molecule has 1 aromatic carbocycles. The van der Waals surface area contributed by atoms with Crippen LogP contribution in [-0.2, 0) is 34.7 Å². The first kappa shape index (κ1) is 25.8. The zero-order valence-corrected chi connectivity index (χ0v) is 21.5. The molecular weight excluding hydrogens is 501 g/mol. The number of hydrogen-bond donors (Lipinski definition) is 3. The van der Waals surface area contributed by atoms with Gasteiger partial charge in [-0.1, -0.05) is 6.92 Å². The Balaban J connectivity index is 0.00000280. The number of aliphatic hydroxyl groups excluding tert-OH is 1. The molecule has 2 aliphatic heterocycles. The van der Waals surface area contributed by atoms with Crippen LogP contribution in [-0.4, -0.2) is 38.4 Å². The highest BCUT2D eigenvalue weighted by Gasteiger charge is 2.46. The second-order valence-corrected chi connectivity index (χ2v) is 10.1. The Hall–Kier alpha value is -2.85. The van der Waals surface area contributed by atoms with E-state index in [1.807, 2.05) is 0 Å². The summed E-state index contributed by atoms with van der Waals surface area (Å²) in [6.07, 6.45) is 1.82. The van der Waals surface area contributed by atoms with Crippen LogP contribution in [0.25, 0.3) is 22.3 Å². The summed E-state index contributed by atoms with van der Waals surface area (Å²) >= 11 is 0. The fourth-order valence-corrected chi connectivity index (χ4v) is 6.37. The molecule has 37 heavy (non-hydrogen) atoms. The number of halogens is 2. The number of benzene rings is 1. The maximum absolute atomic E-state index is 14.9. The molecule has 2 aromatic heterocycles. The minimum Gasteiger partial charge on any atom is -0.458 e. The first-order valence-electron chi connectivity index (χ1n) is 12.4. The Morgan fingerprint density at radius 3 is 2.76 bits per heavy atom. The Morgan fingerprint density at radius 2 is 2.05 bits per heavy atom. The van der Waals surface area contributed by atoms with Gasteiger partial charge >= 0.3 is 5.97 Å². The molecule has 3 aliphatic rings. The SMILES string of the molecule is CC[C@@]1(O)C(=O)OCc2c1cc1n(c2=O)Cc2c-1nc1cc(F)c(C)c3c1c2[C@H]([C@@H](N)CCO)CC3.Cl. The van der Waals surface area contributed by atoms with Gasteiger partial charge in [-0.25, -0.2) is 14.2 Å². The topological polar surface area (TPSA) is 128 Å². The number of nitrogens with two attached hydrogens (primary N) is 1. The third-order valence-corrected chi connectivity index (χ3v) is 8.40. The van der Waals surface area contributed by atoms with Crippen molar-refractivity contribution in [2.75, 3.05) is 6.61 Å². The highest BCUT2D eigenvalue weighted by atomic mass is 35.5. The molecule has 0 fully saturated rings. The minimum absolute atomic E-state index is 0. The van der Waals surface area contributed by atoms with Crippen LogP contribution in [0, 0.1) is 12.7 Å². The molecule has 10 heteroatoms. The zero-order chi connectivity index (χ0) is 25.5. The van der Waals surface area contributed by atoms with Crippen LogP contribution in [0.15, 0.2) is 16.9 Å². The van der Waals surface area contributed by atoms with Gasteiger partial charge in [-0.05, 0) is 55.4 Å². The molecule has 0 radical (unpaired) electrons. The summed E-state index contributed by atoms with van der Waals surface area (Å²) in [7, 11) is 0. The highest BCUT2D eigenvalue weighted by molar-refractivity contribution is 5.93. The lowest BCUT2D eigenvalue weighted by Crippen LogP contribution is -2.44. The second kappa shape index (κ2) is 8.87. The molecule has 8 nitrogen and oxygen atoms in total. The summed E-state index contributed by atoms with van der Waals surface area (Å²) in [5.74, 6) is -1.21. The number of fused-ring (bicyclic) bond motifs is 5. The van der Waals surface area contributed by atoms with Crippen LogP contribution >= 0.6 is 12.4 Å². The van der Waals surface area contributed by atoms with Gasteiger partial charge in [-0.15, -0.1) is 12.4 Å². The van der Waals surface area contributed by atoms with Gasteiger partial charge in [0.2, 0.25) is 0 Å². The van der Waals surface area contributed by atoms with Crippen LogP contribution in [0.5, 0.6) is 0 Å². The van der Waals surface area contributed by atoms with E-state index in [4.69, 9.17) is 15.5 Å². The standard InChI is InChI=1S/C27H28FN3O5.ClH/c1-3-27(35)17-8-21-24-15(10-31(21)25(33)16(17)11-36-26(27)34)22-14(19(29)6-7-32)5-4-13-12(2)18(28)9-20(30-24)23(13)22;/h8-9,14,19,32,35H,3-7,10-11,29H2,1-2H3;1H/t14-,19-,27-;/m0./s1. The largest absolute Gasteiger partial charge is 0.458 e. The van der Waals surface area contributed by atoms with E-state index in [1.165, 1.54) is 6.07 Å². The van der Waals surface area contributed by atoms with Crippen molar-refractivity contribution in [2.24, 2.45) is 5.73 Å². The van der Waals surface area contributed by atoms with Gasteiger partial charge in [0.25, 0.3) is 5.56 Å². The van der Waals surface area contributed by atoms with Crippen LogP contribution in [0.3, 0.4) is 0 Å². The van der Waals surface area contributed by atoms with E-state index in [9.17, 15) is 24.2 Å². The first-order valence-corrected chi connectivity index (χ1v) is 12.4. The number of rotatable bonds is 4. The van der Waals surface area contributed by atoms with Gasteiger partial charge < -0.3 is 25.3 Å². The van der Waals surface area contributed by atoms with E-state index >= 15 is 0 Å². The van der Waals surface area contributed by atoms with Crippen LogP contribution in [0.4, 0.5) is 4.39 Å². The Bertz CT molecular complexity index is 1540. The van der Waals surface area contributed by atoms with Crippen molar-refractivity contribution in [1.29, 1.82) is 0 Å². The van der Waals surface area contributed by atoms with E-state index < -0.39 is 11.6 Å². The van der Waals surface area contributed by atoms with Gasteiger partial charge in [0.05, 0.1) is 29.0 Å². The van der Waals surface area contributed by atoms with E-state index in [2.05, 4.69) is 0 Å². The Morgan fingerprint density at radius 1 is 1.30 bits per heavy atom. The molecule has 6 rings (SSSR count). The summed E-state index contributed by atoms with van der Waals surface area (Å²) in [6, 6.07) is 2.78. The lowest BCUT2D eigenvalue weighted by Gasteiger charge is -2.32. The van der Waals surface area contributed by atoms with Crippen LogP contribution < -0.4 is 11.3 Å². The molecule has 0 amide bonds. The average molecular weight is 530 g/mol. The molecule has 1 aliphatic carbocycles. The predicted octanol–water partition coefficient (Wildman–Crippen LogP) is 2.69. The van der Waals surface area contributed by atoms with Gasteiger partial charge in [0.15, 0.2) is 5.60 Å². The molecular formula is C27H29ClFN3O5. The van der Waals surface area contributed by atoms with Crippen molar-refractivity contribution in [3.05, 3.63) is 61.7 Å². The van der Waals surface area contributed by atoms with E-state index in [0.29, 0.717) is 41.7 Å². The number of aliphatic hydroxyl groups is 2. The van der Waals surface area contributed by atoms with E-state index in [-0.39, 0.29) is 73.0 Å². The summed E-state index contributed by atoms with van der Waals surface area (Å²) in [6.45, 7) is 3.44. The number of cyclic esters (lactones) is 1. The quantitative estimate of drug-likeness (QED) is 0.347. The van der Waals surface area contributed by atoms with Crippen molar-refractivity contribution >= 4 is 29.3 Å². The van der Waals surface area contributed by atoms with Crippen molar-refractivity contribution in [3.8, 4) is 11.4 Å². The number of hydrogen-bond acceptors (Lipinski definition) is 7. The van der Waals surface area contributed by atoms with Crippen molar-refractivity contribution < 1.29 is 24.1 Å². The van der Waals surface area contributed by atoms with E-state index in [0.717, 1.165) is 22.1 Å². The van der Waals surface area contributed by atoms with Crippen LogP contribution in [0.1, 0.15) is 65.5 Å². The van der Waals surface area contributed by atoms with Crippen LogP contribution in [0.2, 0.25) is 0 Å². The fraction of sp³-hybridized carbons (Fsp3) is 0.444. The Labute approximate surface area is 218 Å². The highest BCUT2D eigenvalue weighted by Crippen LogP contribution is 2.47. The molecule has 0 saturated carbocycles. The number of pyridine rings is 2. The van der Waals surface area contributed by atoms with Crippen molar-refractivity contribution in [1.82, 2.24) is 9.55 Å². The first-order chi connectivity index (χ1) is 17.2. The summed E-state index contributed by atoms with van der Waals surface area (Å²) in [5.41, 5.74) is 9.59. The molecule has 4 N–H and O–H groups in total.